The number of nitrogens with zero attached hydrogens (tertiary/aromatic N) is 1. The smallest absolute Gasteiger partial charge is 0.259 e. The van der Waals surface area contributed by atoms with Gasteiger partial charge in [-0.25, -0.2) is 9.37 Å². The van der Waals surface area contributed by atoms with E-state index in [4.69, 9.17) is 0 Å². The Labute approximate surface area is 155 Å². The number of para-hydroxylation sites is 1. The van der Waals surface area contributed by atoms with E-state index < -0.39 is 11.7 Å². The van der Waals surface area contributed by atoms with E-state index in [-0.39, 0.29) is 17.4 Å². The highest BCUT2D eigenvalue weighted by atomic mass is 19.1. The van der Waals surface area contributed by atoms with Crippen molar-refractivity contribution in [2.24, 2.45) is 11.8 Å². The molecule has 0 saturated heterocycles. The highest BCUT2D eigenvalue weighted by molar-refractivity contribution is 6.10. The lowest BCUT2D eigenvalue weighted by Crippen LogP contribution is -2.20. The van der Waals surface area contributed by atoms with E-state index in [1.54, 1.807) is 6.07 Å². The molecule has 0 aliphatic heterocycles. The van der Waals surface area contributed by atoms with Gasteiger partial charge in [-0.05, 0) is 48.7 Å². The van der Waals surface area contributed by atoms with Crippen LogP contribution in [0.2, 0.25) is 0 Å². The number of nitrogens with one attached hydrogen (secondary N) is 2. The van der Waals surface area contributed by atoms with Crippen molar-refractivity contribution in [1.29, 1.82) is 0 Å². The van der Waals surface area contributed by atoms with Crippen molar-refractivity contribution in [2.45, 2.75) is 13.3 Å². The topological polar surface area (TPSA) is 71.1 Å². The zero-order valence-electron chi connectivity index (χ0n) is 14.7. The normalized spacial score (nSPS) is 18.1. The van der Waals surface area contributed by atoms with Crippen LogP contribution < -0.4 is 10.6 Å². The Bertz CT molecular complexity index is 1050. The lowest BCUT2D eigenvalue weighted by Gasteiger charge is -2.12. The first-order valence-electron chi connectivity index (χ1n) is 8.79. The first kappa shape index (κ1) is 17.1. The lowest BCUT2D eigenvalue weighted by molar-refractivity contribution is -0.117. The van der Waals surface area contributed by atoms with Crippen LogP contribution >= 0.6 is 0 Å². The largest absolute Gasteiger partial charge is 0.325 e. The van der Waals surface area contributed by atoms with E-state index in [9.17, 15) is 14.0 Å². The van der Waals surface area contributed by atoms with Crippen LogP contribution in [0, 0.1) is 17.7 Å². The van der Waals surface area contributed by atoms with E-state index in [0.717, 1.165) is 23.4 Å². The molecule has 1 fully saturated rings. The van der Waals surface area contributed by atoms with Crippen LogP contribution in [0.25, 0.3) is 10.9 Å². The molecule has 4 rings (SSSR count). The van der Waals surface area contributed by atoms with Crippen LogP contribution in [-0.2, 0) is 4.79 Å². The number of carbonyl (C=O) groups is 2. The van der Waals surface area contributed by atoms with Gasteiger partial charge in [0.05, 0.1) is 16.8 Å². The maximum absolute atomic E-state index is 13.7. The number of rotatable bonds is 4. The van der Waals surface area contributed by atoms with Gasteiger partial charge in [-0.3, -0.25) is 9.59 Å². The number of fused-ring (bicyclic) bond motifs is 1. The Balaban J connectivity index is 1.58. The van der Waals surface area contributed by atoms with Crippen LogP contribution in [0.4, 0.5) is 15.9 Å². The van der Waals surface area contributed by atoms with E-state index in [2.05, 4.69) is 15.6 Å². The molecule has 1 aliphatic rings. The van der Waals surface area contributed by atoms with Crippen molar-refractivity contribution in [3.05, 3.63) is 66.0 Å². The summed E-state index contributed by atoms with van der Waals surface area (Å²) in [6.07, 6.45) is 0.829. The summed E-state index contributed by atoms with van der Waals surface area (Å²) < 4.78 is 13.7. The summed E-state index contributed by atoms with van der Waals surface area (Å²) in [5.74, 6) is -0.582. The van der Waals surface area contributed by atoms with Crippen molar-refractivity contribution in [3.8, 4) is 0 Å². The Kier molecular flexibility index (Phi) is 4.32. The zero-order chi connectivity index (χ0) is 19.0. The Morgan fingerprint density at radius 3 is 2.63 bits per heavy atom. The van der Waals surface area contributed by atoms with Gasteiger partial charge in [0.15, 0.2) is 0 Å². The number of pyridine rings is 1. The molecule has 136 valence electrons. The van der Waals surface area contributed by atoms with E-state index >= 15 is 0 Å². The molecule has 6 heteroatoms. The molecule has 0 bridgehead atoms. The second-order valence-corrected chi connectivity index (χ2v) is 6.84. The first-order valence-corrected chi connectivity index (χ1v) is 8.79. The number of anilines is 2. The minimum atomic E-state index is -0.551. The molecule has 2 amide bonds. The van der Waals surface area contributed by atoms with Gasteiger partial charge in [0.1, 0.15) is 11.6 Å². The molecular formula is C21H18FN3O2. The van der Waals surface area contributed by atoms with Crippen LogP contribution in [0.3, 0.4) is 0 Å². The summed E-state index contributed by atoms with van der Waals surface area (Å²) in [6.45, 7) is 1.99. The molecule has 2 N–H and O–H groups in total. The molecule has 3 aromatic rings. The molecule has 1 aliphatic carbocycles. The van der Waals surface area contributed by atoms with Crippen molar-refractivity contribution in [1.82, 2.24) is 4.98 Å². The number of aromatic nitrogens is 1. The lowest BCUT2D eigenvalue weighted by atomic mass is 10.1. The summed E-state index contributed by atoms with van der Waals surface area (Å²) in [5.41, 5.74) is 1.09. The minimum absolute atomic E-state index is 0.0480. The van der Waals surface area contributed by atoms with Gasteiger partial charge in [-0.15, -0.1) is 0 Å². The third-order valence-electron chi connectivity index (χ3n) is 4.77. The number of hydrogen-bond acceptors (Lipinski definition) is 3. The van der Waals surface area contributed by atoms with Crippen molar-refractivity contribution in [3.63, 3.8) is 0 Å². The quantitative estimate of drug-likeness (QED) is 0.729. The van der Waals surface area contributed by atoms with Crippen LogP contribution in [0.15, 0.2) is 54.6 Å². The van der Waals surface area contributed by atoms with E-state index in [1.807, 2.05) is 37.3 Å². The number of hydrogen-bond donors (Lipinski definition) is 2. The Morgan fingerprint density at radius 1 is 1.07 bits per heavy atom. The van der Waals surface area contributed by atoms with Crippen LogP contribution in [0.1, 0.15) is 23.7 Å². The van der Waals surface area contributed by atoms with Crippen molar-refractivity contribution >= 4 is 34.2 Å². The van der Waals surface area contributed by atoms with Gasteiger partial charge < -0.3 is 10.6 Å². The summed E-state index contributed by atoms with van der Waals surface area (Å²) >= 11 is 0. The fraction of sp³-hybridized carbons (Fsp3) is 0.190. The summed E-state index contributed by atoms with van der Waals surface area (Å²) in [7, 11) is 0. The number of amides is 2. The molecule has 1 aromatic heterocycles. The fourth-order valence-electron chi connectivity index (χ4n) is 3.05. The summed E-state index contributed by atoms with van der Waals surface area (Å²) in [6, 6.07) is 14.8. The second kappa shape index (κ2) is 6.79. The number of benzene rings is 2. The number of carbonyl (C=O) groups excluding carboxylic acids is 2. The third kappa shape index (κ3) is 3.65. The van der Waals surface area contributed by atoms with Gasteiger partial charge in [-0.2, -0.15) is 0 Å². The number of halogens is 1. The maximum atomic E-state index is 13.7. The van der Waals surface area contributed by atoms with E-state index in [0.29, 0.717) is 17.4 Å². The maximum Gasteiger partial charge on any atom is 0.259 e. The van der Waals surface area contributed by atoms with Crippen LogP contribution in [0.5, 0.6) is 0 Å². The monoisotopic (exact) mass is 363 g/mol. The fourth-order valence-corrected chi connectivity index (χ4v) is 3.05. The molecule has 1 heterocycles. The summed E-state index contributed by atoms with van der Waals surface area (Å²) in [4.78, 5) is 29.3. The molecule has 2 atom stereocenters. The molecule has 27 heavy (non-hydrogen) atoms. The SMILES string of the molecule is C[C@H]1C[C@H]1C(=O)Nc1ccc(F)cc1C(=O)Nc1ccc2ccccc2n1. The highest BCUT2D eigenvalue weighted by Gasteiger charge is 2.39. The highest BCUT2D eigenvalue weighted by Crippen LogP contribution is 2.38. The van der Waals surface area contributed by atoms with Crippen molar-refractivity contribution in [2.75, 3.05) is 10.6 Å². The standard InChI is InChI=1S/C21H18FN3O2/c1-12-10-15(12)20(26)24-18-8-7-14(22)11-16(18)21(27)25-19-9-6-13-4-2-3-5-17(13)23-19/h2-9,11-12,15H,10H2,1H3,(H,24,26)(H,23,25,27)/t12-,15+/m0/s1. The minimum Gasteiger partial charge on any atom is -0.325 e. The van der Waals surface area contributed by atoms with Crippen molar-refractivity contribution < 1.29 is 14.0 Å². The predicted octanol–water partition coefficient (Wildman–Crippen LogP) is 4.22. The van der Waals surface area contributed by atoms with Gasteiger partial charge in [-0.1, -0.05) is 25.1 Å². The van der Waals surface area contributed by atoms with E-state index in [1.165, 1.54) is 12.1 Å². The predicted molar refractivity (Wildman–Crippen MR) is 102 cm³/mol. The van der Waals surface area contributed by atoms with Gasteiger partial charge in [0, 0.05) is 11.3 Å². The van der Waals surface area contributed by atoms with Gasteiger partial charge >= 0.3 is 0 Å². The Hall–Kier alpha value is -3.28. The molecule has 5 nitrogen and oxygen atoms in total. The van der Waals surface area contributed by atoms with Crippen LogP contribution in [-0.4, -0.2) is 16.8 Å². The average molecular weight is 363 g/mol. The third-order valence-corrected chi connectivity index (χ3v) is 4.77. The molecule has 1 saturated carbocycles. The molecule has 0 spiro atoms. The molecular weight excluding hydrogens is 345 g/mol. The summed E-state index contributed by atoms with van der Waals surface area (Å²) in [5, 5.41) is 6.37. The molecule has 0 unspecified atom stereocenters. The van der Waals surface area contributed by atoms with Gasteiger partial charge in [0.25, 0.3) is 5.91 Å². The van der Waals surface area contributed by atoms with Gasteiger partial charge in [0.2, 0.25) is 5.91 Å². The average Bonchev–Trinajstić information content (AvgIpc) is 3.40. The molecule has 0 radical (unpaired) electrons. The first-order chi connectivity index (χ1) is 13.0. The zero-order valence-corrected chi connectivity index (χ0v) is 14.7. The second-order valence-electron chi connectivity index (χ2n) is 6.84. The molecule has 2 aromatic carbocycles. The Morgan fingerprint density at radius 2 is 1.85 bits per heavy atom.